The quantitative estimate of drug-likeness (QED) is 0.812. The Kier molecular flexibility index (Phi) is 4.02. The highest BCUT2D eigenvalue weighted by Crippen LogP contribution is 2.31. The van der Waals surface area contributed by atoms with Gasteiger partial charge >= 0.3 is 5.97 Å². The molecule has 0 amide bonds. The van der Waals surface area contributed by atoms with Crippen molar-refractivity contribution in [2.24, 2.45) is 0 Å². The summed E-state index contributed by atoms with van der Waals surface area (Å²) in [6.45, 7) is 2.86. The summed E-state index contributed by atoms with van der Waals surface area (Å²) in [5.41, 5.74) is 1.22. The van der Waals surface area contributed by atoms with E-state index in [1.807, 2.05) is 30.3 Å². The van der Waals surface area contributed by atoms with E-state index in [-0.39, 0.29) is 17.4 Å². The first-order valence-electron chi connectivity index (χ1n) is 6.52. The number of rotatable bonds is 5. The molecule has 1 saturated carbocycles. The molecule has 2 rings (SSSR count). The van der Waals surface area contributed by atoms with Crippen LogP contribution in [0, 0.1) is 0 Å². The van der Waals surface area contributed by atoms with Crippen LogP contribution in [0.15, 0.2) is 30.3 Å². The maximum Gasteiger partial charge on any atom is 0.314 e. The summed E-state index contributed by atoms with van der Waals surface area (Å²) in [6, 6.07) is 9.82. The Balaban J connectivity index is 2.04. The summed E-state index contributed by atoms with van der Waals surface area (Å²) in [4.78, 5) is 11.9. The minimum atomic E-state index is -0.214. The number of carbonyl (C=O) groups is 1. The number of methoxy groups -OCH3 is 1. The molecule has 3 heteroatoms. The average Bonchev–Trinajstić information content (AvgIpc) is 2.37. The average molecular weight is 247 g/mol. The maximum absolute atomic E-state index is 11.9. The largest absolute Gasteiger partial charge is 0.469 e. The standard InChI is InChI=1S/C15H21NO2/c1-15(9-6-10-15)16-11-13(14(17)18-2)12-7-4-3-5-8-12/h3-5,7-8,13,16H,6,9-11H2,1-2H3. The van der Waals surface area contributed by atoms with E-state index in [1.54, 1.807) is 0 Å². The molecule has 0 saturated heterocycles. The van der Waals surface area contributed by atoms with Gasteiger partial charge in [-0.05, 0) is 31.7 Å². The van der Waals surface area contributed by atoms with E-state index in [9.17, 15) is 4.79 Å². The van der Waals surface area contributed by atoms with Gasteiger partial charge in [0.25, 0.3) is 0 Å². The van der Waals surface area contributed by atoms with E-state index < -0.39 is 0 Å². The highest BCUT2D eigenvalue weighted by Gasteiger charge is 2.33. The van der Waals surface area contributed by atoms with Crippen LogP contribution in [0.4, 0.5) is 0 Å². The molecule has 1 atom stereocenters. The fraction of sp³-hybridized carbons (Fsp3) is 0.533. The number of hydrogen-bond acceptors (Lipinski definition) is 3. The second kappa shape index (κ2) is 5.53. The fourth-order valence-corrected chi connectivity index (χ4v) is 2.40. The van der Waals surface area contributed by atoms with Crippen LogP contribution in [-0.2, 0) is 9.53 Å². The first kappa shape index (κ1) is 13.1. The second-order valence-electron chi connectivity index (χ2n) is 5.28. The molecule has 0 spiro atoms. The lowest BCUT2D eigenvalue weighted by Crippen LogP contribution is -2.50. The zero-order valence-corrected chi connectivity index (χ0v) is 11.1. The van der Waals surface area contributed by atoms with Gasteiger partial charge in [0, 0.05) is 12.1 Å². The van der Waals surface area contributed by atoms with Crippen molar-refractivity contribution >= 4 is 5.97 Å². The van der Waals surface area contributed by atoms with E-state index in [1.165, 1.54) is 26.4 Å². The van der Waals surface area contributed by atoms with Crippen LogP contribution in [-0.4, -0.2) is 25.2 Å². The maximum atomic E-state index is 11.9. The van der Waals surface area contributed by atoms with Gasteiger partial charge in [-0.2, -0.15) is 0 Å². The molecule has 1 unspecified atom stereocenters. The van der Waals surface area contributed by atoms with Crippen molar-refractivity contribution in [3.63, 3.8) is 0 Å². The van der Waals surface area contributed by atoms with Crippen molar-refractivity contribution < 1.29 is 9.53 Å². The van der Waals surface area contributed by atoms with Gasteiger partial charge in [0.2, 0.25) is 0 Å². The van der Waals surface area contributed by atoms with Gasteiger partial charge in [0.15, 0.2) is 0 Å². The number of hydrogen-bond donors (Lipinski definition) is 1. The van der Waals surface area contributed by atoms with Crippen molar-refractivity contribution in [1.29, 1.82) is 0 Å². The van der Waals surface area contributed by atoms with Gasteiger partial charge in [-0.1, -0.05) is 30.3 Å². The van der Waals surface area contributed by atoms with Crippen LogP contribution < -0.4 is 5.32 Å². The van der Waals surface area contributed by atoms with E-state index in [4.69, 9.17) is 4.74 Å². The predicted molar refractivity (Wildman–Crippen MR) is 71.5 cm³/mol. The number of esters is 1. The number of benzene rings is 1. The Labute approximate surface area is 109 Å². The zero-order chi connectivity index (χ0) is 13.0. The number of ether oxygens (including phenoxy) is 1. The first-order chi connectivity index (χ1) is 8.64. The molecule has 98 valence electrons. The van der Waals surface area contributed by atoms with Crippen LogP contribution in [0.25, 0.3) is 0 Å². The van der Waals surface area contributed by atoms with Crippen molar-refractivity contribution in [1.82, 2.24) is 5.32 Å². The molecule has 1 aliphatic carbocycles. The van der Waals surface area contributed by atoms with Gasteiger partial charge in [0.1, 0.15) is 0 Å². The van der Waals surface area contributed by atoms with E-state index >= 15 is 0 Å². The molecule has 3 nitrogen and oxygen atoms in total. The summed E-state index contributed by atoms with van der Waals surface area (Å²) < 4.78 is 4.90. The summed E-state index contributed by atoms with van der Waals surface area (Å²) in [6.07, 6.45) is 3.66. The minimum absolute atomic E-state index is 0.170. The number of nitrogens with one attached hydrogen (secondary N) is 1. The molecule has 0 aliphatic heterocycles. The summed E-state index contributed by atoms with van der Waals surface area (Å²) in [7, 11) is 1.45. The lowest BCUT2D eigenvalue weighted by molar-refractivity contribution is -0.142. The molecule has 0 bridgehead atoms. The van der Waals surface area contributed by atoms with Crippen LogP contribution in [0.5, 0.6) is 0 Å². The summed E-state index contributed by atoms with van der Waals surface area (Å²) >= 11 is 0. The highest BCUT2D eigenvalue weighted by molar-refractivity contribution is 5.78. The van der Waals surface area contributed by atoms with Gasteiger partial charge in [-0.3, -0.25) is 4.79 Å². The smallest absolute Gasteiger partial charge is 0.314 e. The summed E-state index contributed by atoms with van der Waals surface area (Å²) in [5.74, 6) is -0.384. The van der Waals surface area contributed by atoms with Gasteiger partial charge in [-0.15, -0.1) is 0 Å². The highest BCUT2D eigenvalue weighted by atomic mass is 16.5. The Morgan fingerprint density at radius 3 is 2.56 bits per heavy atom. The molecule has 0 aromatic heterocycles. The topological polar surface area (TPSA) is 38.3 Å². The molecular weight excluding hydrogens is 226 g/mol. The molecule has 1 fully saturated rings. The second-order valence-corrected chi connectivity index (χ2v) is 5.28. The normalized spacial score (nSPS) is 18.8. The van der Waals surface area contributed by atoms with Gasteiger partial charge in [-0.25, -0.2) is 0 Å². The Bertz CT molecular complexity index is 398. The van der Waals surface area contributed by atoms with E-state index in [2.05, 4.69) is 12.2 Å². The molecule has 0 heterocycles. The minimum Gasteiger partial charge on any atom is -0.469 e. The van der Waals surface area contributed by atoms with Gasteiger partial charge < -0.3 is 10.1 Å². The molecular formula is C15H21NO2. The van der Waals surface area contributed by atoms with Crippen molar-refractivity contribution in [2.45, 2.75) is 37.6 Å². The molecule has 1 N–H and O–H groups in total. The molecule has 1 aromatic rings. The third kappa shape index (κ3) is 2.91. The number of carbonyl (C=O) groups excluding carboxylic acids is 1. The monoisotopic (exact) mass is 247 g/mol. The third-order valence-electron chi connectivity index (χ3n) is 3.88. The van der Waals surface area contributed by atoms with Crippen LogP contribution in [0.2, 0.25) is 0 Å². The lowest BCUT2D eigenvalue weighted by atomic mass is 9.78. The van der Waals surface area contributed by atoms with Crippen LogP contribution >= 0.6 is 0 Å². The van der Waals surface area contributed by atoms with E-state index in [0.717, 1.165) is 5.56 Å². The Morgan fingerprint density at radius 2 is 2.06 bits per heavy atom. The summed E-state index contributed by atoms with van der Waals surface area (Å²) in [5, 5.41) is 3.51. The molecule has 1 aliphatic rings. The molecule has 0 radical (unpaired) electrons. The molecule has 1 aromatic carbocycles. The van der Waals surface area contributed by atoms with Crippen molar-refractivity contribution in [3.8, 4) is 0 Å². The third-order valence-corrected chi connectivity index (χ3v) is 3.88. The van der Waals surface area contributed by atoms with Crippen LogP contribution in [0.3, 0.4) is 0 Å². The van der Waals surface area contributed by atoms with Gasteiger partial charge in [0.05, 0.1) is 13.0 Å². The predicted octanol–water partition coefficient (Wildman–Crippen LogP) is 2.48. The van der Waals surface area contributed by atoms with Crippen molar-refractivity contribution in [3.05, 3.63) is 35.9 Å². The fourth-order valence-electron chi connectivity index (χ4n) is 2.40. The lowest BCUT2D eigenvalue weighted by Gasteiger charge is -2.40. The Morgan fingerprint density at radius 1 is 1.39 bits per heavy atom. The SMILES string of the molecule is COC(=O)C(CNC1(C)CCC1)c1ccccc1. The zero-order valence-electron chi connectivity index (χ0n) is 11.1. The first-order valence-corrected chi connectivity index (χ1v) is 6.52. The molecule has 18 heavy (non-hydrogen) atoms. The van der Waals surface area contributed by atoms with Crippen LogP contribution in [0.1, 0.15) is 37.7 Å². The van der Waals surface area contributed by atoms with Crippen molar-refractivity contribution in [2.75, 3.05) is 13.7 Å². The van der Waals surface area contributed by atoms with E-state index in [0.29, 0.717) is 6.54 Å². The Hall–Kier alpha value is -1.35.